The Morgan fingerprint density at radius 2 is 1.84 bits per heavy atom. The van der Waals surface area contributed by atoms with Gasteiger partial charge in [0.25, 0.3) is 5.91 Å². The average molecular weight is 363 g/mol. The van der Waals surface area contributed by atoms with Crippen molar-refractivity contribution in [3.8, 4) is 5.69 Å². The largest absolute Gasteiger partial charge is 0.450 e. The molecular formula is C17H19ClN4O3. The second-order valence-electron chi connectivity index (χ2n) is 5.60. The summed E-state index contributed by atoms with van der Waals surface area (Å²) in [6.45, 7) is 3.98. The molecule has 1 aromatic heterocycles. The monoisotopic (exact) mass is 362 g/mol. The van der Waals surface area contributed by atoms with Crippen molar-refractivity contribution < 1.29 is 14.3 Å². The number of benzene rings is 1. The minimum atomic E-state index is -0.332. The van der Waals surface area contributed by atoms with Gasteiger partial charge in [0.05, 0.1) is 29.1 Å². The molecule has 7 nitrogen and oxygen atoms in total. The Kier molecular flexibility index (Phi) is 5.23. The molecule has 0 N–H and O–H groups in total. The van der Waals surface area contributed by atoms with Crippen LogP contribution in [-0.2, 0) is 4.74 Å². The number of amides is 2. The molecule has 1 aliphatic heterocycles. The fraction of sp³-hybridized carbons (Fsp3) is 0.353. The zero-order valence-corrected chi connectivity index (χ0v) is 14.6. The van der Waals surface area contributed by atoms with Gasteiger partial charge < -0.3 is 14.5 Å². The zero-order chi connectivity index (χ0) is 17.8. The second kappa shape index (κ2) is 7.57. The Bertz CT molecular complexity index is 769. The fourth-order valence-corrected chi connectivity index (χ4v) is 2.91. The number of carbonyl (C=O) groups excluding carboxylic acids is 2. The van der Waals surface area contributed by atoms with E-state index in [2.05, 4.69) is 5.10 Å². The van der Waals surface area contributed by atoms with E-state index in [1.165, 1.54) is 6.20 Å². The van der Waals surface area contributed by atoms with Crippen LogP contribution in [0.4, 0.5) is 4.79 Å². The molecule has 0 radical (unpaired) electrons. The summed E-state index contributed by atoms with van der Waals surface area (Å²) in [4.78, 5) is 27.7. The van der Waals surface area contributed by atoms with Crippen LogP contribution in [0.1, 0.15) is 17.3 Å². The van der Waals surface area contributed by atoms with Crippen molar-refractivity contribution in [1.82, 2.24) is 19.6 Å². The predicted molar refractivity (Wildman–Crippen MR) is 93.1 cm³/mol. The molecule has 0 atom stereocenters. The van der Waals surface area contributed by atoms with Crippen molar-refractivity contribution in [2.24, 2.45) is 0 Å². The second-order valence-corrected chi connectivity index (χ2v) is 6.01. The highest BCUT2D eigenvalue weighted by Crippen LogP contribution is 2.20. The third kappa shape index (κ3) is 3.76. The van der Waals surface area contributed by atoms with Crippen molar-refractivity contribution in [2.75, 3.05) is 32.8 Å². The number of hydrogen-bond acceptors (Lipinski definition) is 4. The molecule has 2 amide bonds. The Morgan fingerprint density at radius 1 is 1.16 bits per heavy atom. The number of carbonyl (C=O) groups is 2. The zero-order valence-electron chi connectivity index (χ0n) is 13.9. The van der Waals surface area contributed by atoms with Gasteiger partial charge in [-0.05, 0) is 19.1 Å². The lowest BCUT2D eigenvalue weighted by atomic mass is 10.2. The predicted octanol–water partition coefficient (Wildman–Crippen LogP) is 2.44. The van der Waals surface area contributed by atoms with Gasteiger partial charge in [-0.15, -0.1) is 0 Å². The molecule has 0 saturated carbocycles. The van der Waals surface area contributed by atoms with Gasteiger partial charge in [-0.25, -0.2) is 9.48 Å². The van der Waals surface area contributed by atoms with Crippen LogP contribution in [-0.4, -0.2) is 64.4 Å². The quantitative estimate of drug-likeness (QED) is 0.841. The topological polar surface area (TPSA) is 67.7 Å². The van der Waals surface area contributed by atoms with Crippen molar-refractivity contribution in [3.05, 3.63) is 47.2 Å². The molecule has 132 valence electrons. The standard InChI is InChI=1S/C17H19ClN4O3/c1-2-25-17(24)21-9-7-20(8-10-21)16(23)13-11-19-22(12-13)15-6-4-3-5-14(15)18/h3-6,11-12H,2,7-10H2,1H3. The fourth-order valence-electron chi connectivity index (χ4n) is 2.69. The van der Waals surface area contributed by atoms with E-state index in [0.717, 1.165) is 5.69 Å². The lowest BCUT2D eigenvalue weighted by Gasteiger charge is -2.33. The van der Waals surface area contributed by atoms with E-state index in [1.54, 1.807) is 33.7 Å². The van der Waals surface area contributed by atoms with Crippen LogP contribution in [0.3, 0.4) is 0 Å². The van der Waals surface area contributed by atoms with E-state index in [-0.39, 0.29) is 12.0 Å². The lowest BCUT2D eigenvalue weighted by Crippen LogP contribution is -2.50. The minimum absolute atomic E-state index is 0.109. The van der Waals surface area contributed by atoms with E-state index in [4.69, 9.17) is 16.3 Å². The molecule has 25 heavy (non-hydrogen) atoms. The molecule has 0 aliphatic carbocycles. The third-order valence-corrected chi connectivity index (χ3v) is 4.34. The van der Waals surface area contributed by atoms with Crippen LogP contribution in [0, 0.1) is 0 Å². The summed E-state index contributed by atoms with van der Waals surface area (Å²) in [5.74, 6) is -0.109. The summed E-state index contributed by atoms with van der Waals surface area (Å²) in [5.41, 5.74) is 1.21. The van der Waals surface area contributed by atoms with Gasteiger partial charge in [0, 0.05) is 32.4 Å². The third-order valence-electron chi connectivity index (χ3n) is 4.02. The van der Waals surface area contributed by atoms with Crippen molar-refractivity contribution in [2.45, 2.75) is 6.92 Å². The molecule has 0 spiro atoms. The Morgan fingerprint density at radius 3 is 2.52 bits per heavy atom. The van der Waals surface area contributed by atoms with Crippen LogP contribution < -0.4 is 0 Å². The molecule has 3 rings (SSSR count). The molecule has 1 saturated heterocycles. The van der Waals surface area contributed by atoms with E-state index >= 15 is 0 Å². The highest BCUT2D eigenvalue weighted by Gasteiger charge is 2.26. The number of nitrogens with zero attached hydrogens (tertiary/aromatic N) is 4. The van der Waals surface area contributed by atoms with Gasteiger partial charge >= 0.3 is 6.09 Å². The summed E-state index contributed by atoms with van der Waals surface area (Å²) < 4.78 is 6.57. The van der Waals surface area contributed by atoms with Gasteiger partial charge in [-0.1, -0.05) is 23.7 Å². The normalized spacial score (nSPS) is 14.5. The van der Waals surface area contributed by atoms with Gasteiger partial charge in [0.15, 0.2) is 0 Å². The van der Waals surface area contributed by atoms with Crippen molar-refractivity contribution in [1.29, 1.82) is 0 Å². The number of piperazine rings is 1. The molecule has 1 aromatic carbocycles. The van der Waals surface area contributed by atoms with Gasteiger partial charge in [-0.3, -0.25) is 4.79 Å². The molecular weight excluding hydrogens is 344 g/mol. The van der Waals surface area contributed by atoms with Gasteiger partial charge in [0.1, 0.15) is 0 Å². The molecule has 1 aliphatic rings. The van der Waals surface area contributed by atoms with Crippen molar-refractivity contribution in [3.63, 3.8) is 0 Å². The maximum atomic E-state index is 12.6. The van der Waals surface area contributed by atoms with Crippen LogP contribution >= 0.6 is 11.6 Å². The van der Waals surface area contributed by atoms with Crippen LogP contribution in [0.5, 0.6) is 0 Å². The van der Waals surface area contributed by atoms with E-state index in [1.807, 2.05) is 18.2 Å². The van der Waals surface area contributed by atoms with Crippen LogP contribution in [0.25, 0.3) is 5.69 Å². The smallest absolute Gasteiger partial charge is 0.409 e. The molecule has 8 heteroatoms. The molecule has 2 heterocycles. The number of ether oxygens (including phenoxy) is 1. The van der Waals surface area contributed by atoms with Crippen LogP contribution in [0.15, 0.2) is 36.7 Å². The number of rotatable bonds is 3. The number of aromatic nitrogens is 2. The van der Waals surface area contributed by atoms with Gasteiger partial charge in [-0.2, -0.15) is 5.10 Å². The summed E-state index contributed by atoms with van der Waals surface area (Å²) >= 11 is 6.16. The summed E-state index contributed by atoms with van der Waals surface area (Å²) in [6.07, 6.45) is 2.87. The molecule has 0 bridgehead atoms. The highest BCUT2D eigenvalue weighted by atomic mass is 35.5. The first kappa shape index (κ1) is 17.3. The maximum absolute atomic E-state index is 12.6. The Balaban J connectivity index is 1.65. The molecule has 0 unspecified atom stereocenters. The first-order chi connectivity index (χ1) is 12.1. The maximum Gasteiger partial charge on any atom is 0.409 e. The number of halogens is 1. The Hall–Kier alpha value is -2.54. The highest BCUT2D eigenvalue weighted by molar-refractivity contribution is 6.32. The molecule has 1 fully saturated rings. The van der Waals surface area contributed by atoms with Gasteiger partial charge in [0.2, 0.25) is 0 Å². The number of para-hydroxylation sites is 1. The minimum Gasteiger partial charge on any atom is -0.450 e. The van der Waals surface area contributed by atoms with E-state index in [9.17, 15) is 9.59 Å². The molecule has 2 aromatic rings. The SMILES string of the molecule is CCOC(=O)N1CCN(C(=O)c2cnn(-c3ccccc3Cl)c2)CC1. The van der Waals surface area contributed by atoms with E-state index in [0.29, 0.717) is 43.4 Å². The van der Waals surface area contributed by atoms with E-state index < -0.39 is 0 Å². The van der Waals surface area contributed by atoms with Crippen LogP contribution in [0.2, 0.25) is 5.02 Å². The Labute approximate surface area is 150 Å². The average Bonchev–Trinajstić information content (AvgIpc) is 3.11. The first-order valence-corrected chi connectivity index (χ1v) is 8.48. The lowest BCUT2D eigenvalue weighted by molar-refractivity contribution is 0.0570. The summed E-state index contributed by atoms with van der Waals surface area (Å²) in [6, 6.07) is 7.31. The first-order valence-electron chi connectivity index (χ1n) is 8.10. The summed E-state index contributed by atoms with van der Waals surface area (Å²) in [5, 5.41) is 4.79. The summed E-state index contributed by atoms with van der Waals surface area (Å²) in [7, 11) is 0. The van der Waals surface area contributed by atoms with Crippen molar-refractivity contribution >= 4 is 23.6 Å². The number of hydrogen-bond donors (Lipinski definition) is 0.